The van der Waals surface area contributed by atoms with Crippen molar-refractivity contribution in [3.63, 3.8) is 0 Å². The fourth-order valence-corrected chi connectivity index (χ4v) is 1.03. The summed E-state index contributed by atoms with van der Waals surface area (Å²) >= 11 is 0. The summed E-state index contributed by atoms with van der Waals surface area (Å²) in [6.07, 6.45) is 0.508. The zero-order valence-electron chi connectivity index (χ0n) is 6.70. The molecular formula is C9H12FNO. The Morgan fingerprint density at radius 1 is 1.50 bits per heavy atom. The van der Waals surface area contributed by atoms with E-state index in [1.54, 1.807) is 12.1 Å². The van der Waals surface area contributed by atoms with Crippen LogP contribution in [0.4, 0.5) is 4.39 Å². The Kier molecular flexibility index (Phi) is 3.19. The summed E-state index contributed by atoms with van der Waals surface area (Å²) in [4.78, 5) is 0. The van der Waals surface area contributed by atoms with Crippen molar-refractivity contribution in [2.75, 3.05) is 6.61 Å². The van der Waals surface area contributed by atoms with Crippen molar-refractivity contribution in [1.82, 2.24) is 0 Å². The Morgan fingerprint density at radius 2 is 2.25 bits per heavy atom. The van der Waals surface area contributed by atoms with Crippen LogP contribution >= 0.6 is 0 Å². The van der Waals surface area contributed by atoms with Crippen LogP contribution in [0.25, 0.3) is 0 Å². The third kappa shape index (κ3) is 2.60. The largest absolute Gasteiger partial charge is 0.395 e. The molecule has 0 bridgehead atoms. The lowest BCUT2D eigenvalue weighted by molar-refractivity contribution is 0.265. The molecule has 1 atom stereocenters. The van der Waals surface area contributed by atoms with E-state index in [9.17, 15) is 4.39 Å². The molecule has 66 valence electrons. The van der Waals surface area contributed by atoms with Gasteiger partial charge in [0.1, 0.15) is 5.82 Å². The Hall–Kier alpha value is -0.930. The smallest absolute Gasteiger partial charge is 0.123 e. The Labute approximate surface area is 70.8 Å². The van der Waals surface area contributed by atoms with Gasteiger partial charge in [-0.2, -0.15) is 0 Å². The van der Waals surface area contributed by atoms with Gasteiger partial charge in [0, 0.05) is 6.04 Å². The summed E-state index contributed by atoms with van der Waals surface area (Å²) in [7, 11) is 0. The minimum atomic E-state index is -0.299. The van der Waals surface area contributed by atoms with Crippen molar-refractivity contribution in [2.24, 2.45) is 5.73 Å². The summed E-state index contributed by atoms with van der Waals surface area (Å²) in [5.74, 6) is -0.266. The SMILES string of the molecule is N[C@@H](CO)Cc1cccc(F)c1. The van der Waals surface area contributed by atoms with E-state index in [2.05, 4.69) is 0 Å². The normalized spacial score (nSPS) is 12.9. The van der Waals surface area contributed by atoms with Crippen molar-refractivity contribution in [3.05, 3.63) is 35.6 Å². The van der Waals surface area contributed by atoms with Gasteiger partial charge in [0.2, 0.25) is 0 Å². The van der Waals surface area contributed by atoms with Crippen molar-refractivity contribution in [1.29, 1.82) is 0 Å². The van der Waals surface area contributed by atoms with Gasteiger partial charge in [0.15, 0.2) is 0 Å². The number of aliphatic hydroxyl groups excluding tert-OH is 1. The minimum Gasteiger partial charge on any atom is -0.395 e. The number of aliphatic hydroxyl groups is 1. The van der Waals surface area contributed by atoms with Crippen molar-refractivity contribution in [3.8, 4) is 0 Å². The first-order chi connectivity index (χ1) is 5.72. The van der Waals surface area contributed by atoms with E-state index in [0.29, 0.717) is 6.42 Å². The van der Waals surface area contributed by atoms with Crippen LogP contribution in [0.3, 0.4) is 0 Å². The maximum absolute atomic E-state index is 12.6. The Balaban J connectivity index is 2.63. The van der Waals surface area contributed by atoms with Crippen LogP contribution < -0.4 is 5.73 Å². The van der Waals surface area contributed by atoms with Gasteiger partial charge >= 0.3 is 0 Å². The topological polar surface area (TPSA) is 46.2 Å². The first kappa shape index (κ1) is 9.16. The molecular weight excluding hydrogens is 157 g/mol. The predicted octanol–water partition coefficient (Wildman–Crippen LogP) is 0.688. The van der Waals surface area contributed by atoms with Crippen molar-refractivity contribution < 1.29 is 9.50 Å². The van der Waals surface area contributed by atoms with Gasteiger partial charge in [-0.15, -0.1) is 0 Å². The van der Waals surface area contributed by atoms with E-state index in [1.165, 1.54) is 12.1 Å². The fraction of sp³-hybridized carbons (Fsp3) is 0.333. The van der Waals surface area contributed by atoms with Crippen molar-refractivity contribution in [2.45, 2.75) is 12.5 Å². The van der Waals surface area contributed by atoms with Gasteiger partial charge in [0.25, 0.3) is 0 Å². The molecule has 1 aromatic carbocycles. The Morgan fingerprint density at radius 3 is 2.83 bits per heavy atom. The highest BCUT2D eigenvalue weighted by molar-refractivity contribution is 5.17. The molecule has 12 heavy (non-hydrogen) atoms. The van der Waals surface area contributed by atoms with Crippen molar-refractivity contribution >= 4 is 0 Å². The number of rotatable bonds is 3. The third-order valence-electron chi connectivity index (χ3n) is 1.62. The molecule has 0 aliphatic heterocycles. The predicted molar refractivity (Wildman–Crippen MR) is 45.2 cm³/mol. The molecule has 0 aromatic heterocycles. The molecule has 2 nitrogen and oxygen atoms in total. The standard InChI is InChI=1S/C9H12FNO/c10-8-3-1-2-7(4-8)5-9(11)6-12/h1-4,9,12H,5-6,11H2/t9-/m1/s1. The lowest BCUT2D eigenvalue weighted by Crippen LogP contribution is -2.26. The van der Waals surface area contributed by atoms with E-state index in [4.69, 9.17) is 10.8 Å². The number of benzene rings is 1. The molecule has 3 N–H and O–H groups in total. The van der Waals surface area contributed by atoms with Gasteiger partial charge in [-0.05, 0) is 24.1 Å². The molecule has 0 aliphatic carbocycles. The van der Waals surface area contributed by atoms with E-state index in [1.807, 2.05) is 0 Å². The average molecular weight is 169 g/mol. The molecule has 0 fully saturated rings. The zero-order chi connectivity index (χ0) is 8.97. The number of hydrogen-bond acceptors (Lipinski definition) is 2. The van der Waals surface area contributed by atoms with Crippen LogP contribution in [0, 0.1) is 5.82 Å². The van der Waals surface area contributed by atoms with Crippen LogP contribution in [0.1, 0.15) is 5.56 Å². The van der Waals surface area contributed by atoms with E-state index in [-0.39, 0.29) is 18.5 Å². The maximum atomic E-state index is 12.6. The first-order valence-corrected chi connectivity index (χ1v) is 3.83. The molecule has 0 spiro atoms. The number of nitrogens with two attached hydrogens (primary N) is 1. The monoisotopic (exact) mass is 169 g/mol. The lowest BCUT2D eigenvalue weighted by Gasteiger charge is -2.07. The number of hydrogen-bond donors (Lipinski definition) is 2. The van der Waals surface area contributed by atoms with E-state index >= 15 is 0 Å². The summed E-state index contributed by atoms with van der Waals surface area (Å²) in [5, 5.41) is 8.65. The second-order valence-corrected chi connectivity index (χ2v) is 2.78. The molecule has 0 heterocycles. The molecule has 1 rings (SSSR count). The van der Waals surface area contributed by atoms with Gasteiger partial charge < -0.3 is 10.8 Å². The molecule has 1 aromatic rings. The maximum Gasteiger partial charge on any atom is 0.123 e. The van der Waals surface area contributed by atoms with Crippen LogP contribution in [-0.2, 0) is 6.42 Å². The second kappa shape index (κ2) is 4.18. The molecule has 0 unspecified atom stereocenters. The first-order valence-electron chi connectivity index (χ1n) is 3.83. The van der Waals surface area contributed by atoms with Gasteiger partial charge in [-0.1, -0.05) is 12.1 Å². The molecule has 3 heteroatoms. The van der Waals surface area contributed by atoms with Gasteiger partial charge in [-0.3, -0.25) is 0 Å². The average Bonchev–Trinajstić information content (AvgIpc) is 2.04. The molecule has 0 saturated heterocycles. The fourth-order valence-electron chi connectivity index (χ4n) is 1.03. The van der Waals surface area contributed by atoms with E-state index < -0.39 is 0 Å². The highest BCUT2D eigenvalue weighted by atomic mass is 19.1. The quantitative estimate of drug-likeness (QED) is 0.699. The summed E-state index contributed by atoms with van der Waals surface area (Å²) in [6, 6.07) is 5.93. The van der Waals surface area contributed by atoms with Crippen LogP contribution in [-0.4, -0.2) is 17.8 Å². The highest BCUT2D eigenvalue weighted by Crippen LogP contribution is 2.05. The molecule has 0 aliphatic rings. The second-order valence-electron chi connectivity index (χ2n) is 2.78. The molecule has 0 radical (unpaired) electrons. The summed E-state index contributed by atoms with van der Waals surface area (Å²) < 4.78 is 12.6. The van der Waals surface area contributed by atoms with E-state index in [0.717, 1.165) is 5.56 Å². The summed E-state index contributed by atoms with van der Waals surface area (Å²) in [5.41, 5.74) is 6.30. The van der Waals surface area contributed by atoms with Gasteiger partial charge in [0.05, 0.1) is 6.61 Å². The molecule has 0 amide bonds. The summed E-state index contributed by atoms with van der Waals surface area (Å²) in [6.45, 7) is -0.0729. The Bertz CT molecular complexity index is 252. The van der Waals surface area contributed by atoms with Crippen LogP contribution in [0.5, 0.6) is 0 Å². The lowest BCUT2D eigenvalue weighted by atomic mass is 10.1. The van der Waals surface area contributed by atoms with Crippen LogP contribution in [0.15, 0.2) is 24.3 Å². The van der Waals surface area contributed by atoms with Crippen LogP contribution in [0.2, 0.25) is 0 Å². The number of halogens is 1. The zero-order valence-corrected chi connectivity index (χ0v) is 6.70. The third-order valence-corrected chi connectivity index (χ3v) is 1.62. The minimum absolute atomic E-state index is 0.0729. The van der Waals surface area contributed by atoms with Gasteiger partial charge in [-0.25, -0.2) is 4.39 Å². The molecule has 0 saturated carbocycles. The highest BCUT2D eigenvalue weighted by Gasteiger charge is 2.02.